The van der Waals surface area contributed by atoms with Gasteiger partial charge in [0.1, 0.15) is 5.82 Å². The molecule has 0 spiro atoms. The van der Waals surface area contributed by atoms with Gasteiger partial charge in [0.15, 0.2) is 0 Å². The maximum Gasteiger partial charge on any atom is 0.251 e. The maximum absolute atomic E-state index is 13.2. The molecular weight excluding hydrogens is 363 g/mol. The highest BCUT2D eigenvalue weighted by molar-refractivity contribution is 6.19. The molecule has 0 aliphatic carbocycles. The zero-order valence-electron chi connectivity index (χ0n) is 15.9. The Balaban J connectivity index is 1.48. The van der Waals surface area contributed by atoms with E-state index in [9.17, 15) is 9.18 Å². The third-order valence-corrected chi connectivity index (χ3v) is 4.94. The van der Waals surface area contributed by atoms with Crippen LogP contribution in [0.2, 0.25) is 0 Å². The molecule has 1 N–H and O–H groups in total. The van der Waals surface area contributed by atoms with E-state index in [1.165, 1.54) is 17.7 Å². The van der Waals surface area contributed by atoms with Crippen LogP contribution in [0.5, 0.6) is 0 Å². The minimum absolute atomic E-state index is 0.108. The summed E-state index contributed by atoms with van der Waals surface area (Å²) >= 11 is 0. The van der Waals surface area contributed by atoms with Crippen LogP contribution in [-0.2, 0) is 6.42 Å². The van der Waals surface area contributed by atoms with Crippen LogP contribution in [0.3, 0.4) is 0 Å². The van der Waals surface area contributed by atoms with E-state index in [1.54, 1.807) is 12.1 Å². The number of carbonyl (C=O) groups is 1. The highest BCUT2D eigenvalue weighted by Crippen LogP contribution is 2.23. The summed E-state index contributed by atoms with van der Waals surface area (Å²) in [5, 5.41) is 3.00. The Morgan fingerprint density at radius 1 is 0.931 bits per heavy atom. The molecule has 3 aromatic carbocycles. The monoisotopic (exact) mass is 384 g/mol. The molecule has 4 heteroatoms. The van der Waals surface area contributed by atoms with Crippen molar-refractivity contribution in [3.8, 4) is 0 Å². The van der Waals surface area contributed by atoms with E-state index in [1.807, 2.05) is 48.5 Å². The van der Waals surface area contributed by atoms with Gasteiger partial charge in [-0.2, -0.15) is 0 Å². The summed E-state index contributed by atoms with van der Waals surface area (Å²) in [6, 6.07) is 24.0. The molecule has 3 nitrogen and oxygen atoms in total. The van der Waals surface area contributed by atoms with Crippen LogP contribution in [0.1, 0.15) is 27.0 Å². The Labute approximate surface area is 169 Å². The van der Waals surface area contributed by atoms with Gasteiger partial charge >= 0.3 is 0 Å². The molecule has 0 aromatic heterocycles. The van der Waals surface area contributed by atoms with Crippen LogP contribution in [-0.4, -0.2) is 24.7 Å². The Hall–Kier alpha value is -3.53. The van der Waals surface area contributed by atoms with Crippen LogP contribution in [0.4, 0.5) is 4.39 Å². The fourth-order valence-corrected chi connectivity index (χ4v) is 3.39. The predicted molar refractivity (Wildman–Crippen MR) is 115 cm³/mol. The van der Waals surface area contributed by atoms with Gasteiger partial charge in [0.05, 0.1) is 12.3 Å². The summed E-state index contributed by atoms with van der Waals surface area (Å²) in [6.07, 6.45) is 2.76. The zero-order valence-corrected chi connectivity index (χ0v) is 15.9. The van der Waals surface area contributed by atoms with Gasteiger partial charge in [0.25, 0.3) is 5.91 Å². The second-order valence-corrected chi connectivity index (χ2v) is 6.92. The van der Waals surface area contributed by atoms with E-state index in [0.717, 1.165) is 28.8 Å². The highest BCUT2D eigenvalue weighted by atomic mass is 19.1. The Morgan fingerprint density at radius 2 is 1.66 bits per heavy atom. The molecule has 3 aromatic rings. The number of rotatable bonds is 6. The number of aliphatic imine (C=N–C) groups is 1. The van der Waals surface area contributed by atoms with Crippen LogP contribution >= 0.6 is 0 Å². The van der Waals surface area contributed by atoms with E-state index in [4.69, 9.17) is 0 Å². The maximum atomic E-state index is 13.2. The second-order valence-electron chi connectivity index (χ2n) is 6.92. The lowest BCUT2D eigenvalue weighted by Crippen LogP contribution is -2.27. The van der Waals surface area contributed by atoms with E-state index in [2.05, 4.69) is 22.4 Å². The van der Waals surface area contributed by atoms with Gasteiger partial charge in [-0.3, -0.25) is 9.79 Å². The van der Waals surface area contributed by atoms with E-state index in [0.29, 0.717) is 18.7 Å². The first-order chi connectivity index (χ1) is 14.2. The van der Waals surface area contributed by atoms with Crippen molar-refractivity contribution in [1.29, 1.82) is 0 Å². The van der Waals surface area contributed by atoms with E-state index in [-0.39, 0.29) is 11.7 Å². The first-order valence-corrected chi connectivity index (χ1v) is 9.63. The van der Waals surface area contributed by atoms with Gasteiger partial charge in [-0.25, -0.2) is 4.39 Å². The number of allylic oxidation sites excluding steroid dienone is 1. The standard InChI is InChI=1S/C25H21FN2O/c26-21-12-10-19(11-13-21)20-16-24(28-17-20)22-8-4-5-9-23(22)25(29)27-15-14-18-6-2-1-3-7-18/h1-13,16H,14-15,17H2,(H,27,29). The SMILES string of the molecule is O=C(NCCc1ccccc1)c1ccccc1C1=NCC(c2ccc(F)cc2)=C1. The molecule has 0 bridgehead atoms. The summed E-state index contributed by atoms with van der Waals surface area (Å²) in [4.78, 5) is 17.4. The van der Waals surface area contributed by atoms with Gasteiger partial charge < -0.3 is 5.32 Å². The molecule has 0 fully saturated rings. The third kappa shape index (κ3) is 4.49. The number of hydrogen-bond acceptors (Lipinski definition) is 2. The molecular formula is C25H21FN2O. The summed E-state index contributed by atoms with van der Waals surface area (Å²) in [5.41, 5.74) is 5.33. The molecule has 1 amide bonds. The Kier molecular flexibility index (Phi) is 5.61. The molecule has 1 aliphatic heterocycles. The van der Waals surface area contributed by atoms with Crippen molar-refractivity contribution >= 4 is 17.2 Å². The first-order valence-electron chi connectivity index (χ1n) is 9.63. The number of nitrogens with zero attached hydrogens (tertiary/aromatic N) is 1. The van der Waals surface area contributed by atoms with Gasteiger partial charge in [0, 0.05) is 17.7 Å². The highest BCUT2D eigenvalue weighted by Gasteiger charge is 2.18. The quantitative estimate of drug-likeness (QED) is 0.658. The van der Waals surface area contributed by atoms with Crippen LogP contribution in [0, 0.1) is 5.82 Å². The Bertz CT molecular complexity index is 1070. The van der Waals surface area contributed by atoms with Crippen molar-refractivity contribution in [1.82, 2.24) is 5.32 Å². The number of halogens is 1. The molecule has 0 radical (unpaired) electrons. The normalized spacial score (nSPS) is 13.0. The topological polar surface area (TPSA) is 41.5 Å². The number of benzene rings is 3. The number of nitrogens with one attached hydrogen (secondary N) is 1. The van der Waals surface area contributed by atoms with Crippen molar-refractivity contribution in [2.45, 2.75) is 6.42 Å². The Morgan fingerprint density at radius 3 is 2.45 bits per heavy atom. The zero-order chi connectivity index (χ0) is 20.1. The summed E-state index contributed by atoms with van der Waals surface area (Å²) in [7, 11) is 0. The summed E-state index contributed by atoms with van der Waals surface area (Å²) in [6.45, 7) is 1.09. The largest absolute Gasteiger partial charge is 0.352 e. The second kappa shape index (κ2) is 8.65. The molecule has 0 unspecified atom stereocenters. The van der Waals surface area contributed by atoms with Gasteiger partial charge in [-0.1, -0.05) is 60.7 Å². The number of amides is 1. The molecule has 4 rings (SSSR count). The minimum atomic E-state index is -0.258. The van der Waals surface area contributed by atoms with Crippen LogP contribution in [0.15, 0.2) is 89.9 Å². The number of carbonyl (C=O) groups excluding carboxylic acids is 1. The fraction of sp³-hybridized carbons (Fsp3) is 0.120. The predicted octanol–water partition coefficient (Wildman–Crippen LogP) is 4.68. The van der Waals surface area contributed by atoms with Crippen molar-refractivity contribution < 1.29 is 9.18 Å². The van der Waals surface area contributed by atoms with Crippen LogP contribution < -0.4 is 5.32 Å². The molecule has 0 atom stereocenters. The van der Waals surface area contributed by atoms with Crippen molar-refractivity contribution in [3.05, 3.63) is 113 Å². The van der Waals surface area contributed by atoms with E-state index >= 15 is 0 Å². The third-order valence-electron chi connectivity index (χ3n) is 4.94. The van der Waals surface area contributed by atoms with Crippen molar-refractivity contribution in [2.24, 2.45) is 4.99 Å². The molecule has 1 heterocycles. The molecule has 144 valence electrons. The lowest BCUT2D eigenvalue weighted by atomic mass is 10.00. The first kappa shape index (κ1) is 18.8. The van der Waals surface area contributed by atoms with Gasteiger partial charge in [-0.05, 0) is 47.4 Å². The molecule has 0 saturated heterocycles. The smallest absolute Gasteiger partial charge is 0.251 e. The van der Waals surface area contributed by atoms with Crippen molar-refractivity contribution in [3.63, 3.8) is 0 Å². The van der Waals surface area contributed by atoms with Gasteiger partial charge in [-0.15, -0.1) is 0 Å². The average Bonchev–Trinajstić information content (AvgIpc) is 3.25. The number of hydrogen-bond donors (Lipinski definition) is 1. The van der Waals surface area contributed by atoms with Crippen molar-refractivity contribution in [2.75, 3.05) is 13.1 Å². The molecule has 29 heavy (non-hydrogen) atoms. The summed E-state index contributed by atoms with van der Waals surface area (Å²) < 4.78 is 13.2. The fourth-order valence-electron chi connectivity index (χ4n) is 3.39. The lowest BCUT2D eigenvalue weighted by Gasteiger charge is -2.09. The summed E-state index contributed by atoms with van der Waals surface area (Å²) in [5.74, 6) is -0.367. The minimum Gasteiger partial charge on any atom is -0.352 e. The average molecular weight is 384 g/mol. The lowest BCUT2D eigenvalue weighted by molar-refractivity contribution is 0.0954. The van der Waals surface area contributed by atoms with Crippen LogP contribution in [0.25, 0.3) is 5.57 Å². The van der Waals surface area contributed by atoms with Gasteiger partial charge in [0.2, 0.25) is 0 Å². The molecule has 0 saturated carbocycles. The van der Waals surface area contributed by atoms with E-state index < -0.39 is 0 Å². The molecule has 1 aliphatic rings.